The van der Waals surface area contributed by atoms with Crippen LogP contribution in [-0.4, -0.2) is 22.8 Å². The van der Waals surface area contributed by atoms with Gasteiger partial charge in [0.05, 0.1) is 10.9 Å². The van der Waals surface area contributed by atoms with E-state index >= 15 is 0 Å². The molecule has 0 radical (unpaired) electrons. The number of carbonyl (C=O) groups is 2. The molecule has 1 aliphatic rings. The maximum Gasteiger partial charge on any atom is 0.247 e. The Labute approximate surface area is 173 Å². The minimum absolute atomic E-state index is 0.0839. The summed E-state index contributed by atoms with van der Waals surface area (Å²) in [6, 6.07) is 6.88. The molecule has 1 aromatic carbocycles. The Hall–Kier alpha value is -1.00. The number of rotatable bonds is 13. The Morgan fingerprint density at radius 3 is 2.07 bits per heavy atom. The van der Waals surface area contributed by atoms with Crippen molar-refractivity contribution in [3.63, 3.8) is 0 Å². The van der Waals surface area contributed by atoms with E-state index in [1.165, 1.54) is 62.7 Å². The molecule has 5 heteroatoms. The molecule has 0 N–H and O–H groups in total. The highest BCUT2D eigenvalue weighted by molar-refractivity contribution is 8.00. The molecule has 0 saturated carbocycles. The lowest BCUT2D eigenvalue weighted by Crippen LogP contribution is -2.31. The highest BCUT2D eigenvalue weighted by Crippen LogP contribution is 2.30. The number of unbranched alkanes of at least 4 members (excludes halogenated alkanes) is 9. The molecule has 2 rings (SSSR count). The van der Waals surface area contributed by atoms with Gasteiger partial charge in [0.2, 0.25) is 11.8 Å². The van der Waals surface area contributed by atoms with E-state index in [9.17, 15) is 9.59 Å². The summed E-state index contributed by atoms with van der Waals surface area (Å²) in [7, 11) is 0. The van der Waals surface area contributed by atoms with Crippen LogP contribution in [0.5, 0.6) is 0 Å². The number of nitrogens with zero attached hydrogens (tertiary/aromatic N) is 1. The lowest BCUT2D eigenvalue weighted by atomic mass is 10.1. The molecular formula is C22H32ClNO2S. The number of carbonyl (C=O) groups excluding carboxylic acids is 2. The Kier molecular flexibility index (Phi) is 10.3. The zero-order valence-electron chi connectivity index (χ0n) is 16.4. The van der Waals surface area contributed by atoms with E-state index in [1.54, 1.807) is 36.0 Å². The van der Waals surface area contributed by atoms with E-state index in [4.69, 9.17) is 11.6 Å². The highest BCUT2D eigenvalue weighted by atomic mass is 35.5. The molecular weight excluding hydrogens is 378 g/mol. The largest absolute Gasteiger partial charge is 0.274 e. The maximum atomic E-state index is 12.6. The number of benzene rings is 1. The molecule has 0 unspecified atom stereocenters. The van der Waals surface area contributed by atoms with E-state index in [2.05, 4.69) is 6.92 Å². The monoisotopic (exact) mass is 409 g/mol. The summed E-state index contributed by atoms with van der Waals surface area (Å²) in [6.07, 6.45) is 13.4. The number of hydrogen-bond donors (Lipinski definition) is 0. The Bertz CT molecular complexity index is 590. The highest BCUT2D eigenvalue weighted by Gasteiger charge is 2.39. The minimum Gasteiger partial charge on any atom is -0.274 e. The topological polar surface area (TPSA) is 37.4 Å². The predicted octanol–water partition coefficient (Wildman–Crippen LogP) is 6.63. The van der Waals surface area contributed by atoms with Crippen LogP contribution in [0.3, 0.4) is 0 Å². The van der Waals surface area contributed by atoms with Gasteiger partial charge in [0.15, 0.2) is 0 Å². The first-order valence-electron chi connectivity index (χ1n) is 10.4. The Morgan fingerprint density at radius 2 is 1.48 bits per heavy atom. The second kappa shape index (κ2) is 12.5. The van der Waals surface area contributed by atoms with Crippen LogP contribution in [0, 0.1) is 0 Å². The predicted molar refractivity (Wildman–Crippen MR) is 117 cm³/mol. The van der Waals surface area contributed by atoms with Crippen molar-refractivity contribution in [3.8, 4) is 0 Å². The van der Waals surface area contributed by atoms with Gasteiger partial charge in [-0.05, 0) is 36.4 Å². The molecule has 150 valence electrons. The molecule has 0 aromatic heterocycles. The molecule has 3 nitrogen and oxygen atoms in total. The Morgan fingerprint density at radius 1 is 0.926 bits per heavy atom. The molecule has 0 spiro atoms. The number of thioether (sulfide) groups is 1. The zero-order valence-corrected chi connectivity index (χ0v) is 18.0. The molecule has 1 aromatic rings. The van der Waals surface area contributed by atoms with Gasteiger partial charge >= 0.3 is 0 Å². The summed E-state index contributed by atoms with van der Waals surface area (Å²) in [6.45, 7) is 2.25. The second-order valence-corrected chi connectivity index (χ2v) is 9.04. The number of imide groups is 1. The molecule has 27 heavy (non-hydrogen) atoms. The fraction of sp³-hybridized carbons (Fsp3) is 0.636. The SMILES string of the molecule is CCCCCCCCCCCCS[C@H]1CC(=O)N(c2ccc(Cl)cc2)C1=O. The van der Waals surface area contributed by atoms with Gasteiger partial charge in [0, 0.05) is 11.4 Å². The van der Waals surface area contributed by atoms with Crippen molar-refractivity contribution in [2.45, 2.75) is 82.8 Å². The van der Waals surface area contributed by atoms with Gasteiger partial charge < -0.3 is 0 Å². The number of halogens is 1. The molecule has 2 amide bonds. The van der Waals surface area contributed by atoms with Gasteiger partial charge in [-0.1, -0.05) is 76.3 Å². The molecule has 1 atom stereocenters. The van der Waals surface area contributed by atoms with Gasteiger partial charge in [-0.15, -0.1) is 11.8 Å². The van der Waals surface area contributed by atoms with Crippen molar-refractivity contribution in [1.29, 1.82) is 0 Å². The van der Waals surface area contributed by atoms with E-state index in [-0.39, 0.29) is 17.1 Å². The molecule has 1 saturated heterocycles. The van der Waals surface area contributed by atoms with Crippen LogP contribution >= 0.6 is 23.4 Å². The number of anilines is 1. The smallest absolute Gasteiger partial charge is 0.247 e. The van der Waals surface area contributed by atoms with E-state index in [0.717, 1.165) is 12.2 Å². The van der Waals surface area contributed by atoms with Gasteiger partial charge in [-0.25, -0.2) is 4.90 Å². The fourth-order valence-electron chi connectivity index (χ4n) is 3.41. The molecule has 1 aliphatic heterocycles. The van der Waals surface area contributed by atoms with Gasteiger partial charge in [-0.2, -0.15) is 0 Å². The zero-order chi connectivity index (χ0) is 19.5. The van der Waals surface area contributed by atoms with Crippen molar-refractivity contribution < 1.29 is 9.59 Å². The molecule has 0 bridgehead atoms. The molecule has 1 fully saturated rings. The minimum atomic E-state index is -0.230. The van der Waals surface area contributed by atoms with Crippen LogP contribution in [0.1, 0.15) is 77.6 Å². The van der Waals surface area contributed by atoms with Crippen molar-refractivity contribution >= 4 is 40.9 Å². The molecule has 1 heterocycles. The summed E-state index contributed by atoms with van der Waals surface area (Å²) in [5.41, 5.74) is 0.622. The van der Waals surface area contributed by atoms with Crippen molar-refractivity contribution in [2.75, 3.05) is 10.7 Å². The number of amides is 2. The van der Waals surface area contributed by atoms with Crippen molar-refractivity contribution in [3.05, 3.63) is 29.3 Å². The summed E-state index contributed by atoms with van der Waals surface area (Å²) in [4.78, 5) is 26.1. The third kappa shape index (κ3) is 7.50. The van der Waals surface area contributed by atoms with Gasteiger partial charge in [0.1, 0.15) is 0 Å². The first-order chi connectivity index (χ1) is 13.1. The first-order valence-corrected chi connectivity index (χ1v) is 11.8. The molecule has 0 aliphatic carbocycles. The lowest BCUT2D eigenvalue weighted by Gasteiger charge is -2.15. The summed E-state index contributed by atoms with van der Waals surface area (Å²) in [5.74, 6) is 0.761. The maximum absolute atomic E-state index is 12.6. The average Bonchev–Trinajstić information content (AvgIpc) is 2.94. The van der Waals surface area contributed by atoms with Crippen LogP contribution in [0.2, 0.25) is 5.02 Å². The number of hydrogen-bond acceptors (Lipinski definition) is 3. The van der Waals surface area contributed by atoms with Crippen LogP contribution in [0.15, 0.2) is 24.3 Å². The van der Waals surface area contributed by atoms with Gasteiger partial charge in [-0.3, -0.25) is 9.59 Å². The van der Waals surface area contributed by atoms with Crippen LogP contribution in [0.25, 0.3) is 0 Å². The summed E-state index contributed by atoms with van der Waals surface area (Å²) < 4.78 is 0. The first kappa shape index (κ1) is 22.3. The third-order valence-electron chi connectivity index (χ3n) is 5.01. The normalized spacial score (nSPS) is 17.1. The summed E-state index contributed by atoms with van der Waals surface area (Å²) >= 11 is 7.52. The Balaban J connectivity index is 1.58. The third-order valence-corrected chi connectivity index (χ3v) is 6.55. The van der Waals surface area contributed by atoms with Crippen molar-refractivity contribution in [2.24, 2.45) is 0 Å². The van der Waals surface area contributed by atoms with Crippen LogP contribution in [0.4, 0.5) is 5.69 Å². The van der Waals surface area contributed by atoms with Gasteiger partial charge in [0.25, 0.3) is 0 Å². The van der Waals surface area contributed by atoms with E-state index < -0.39 is 0 Å². The average molecular weight is 410 g/mol. The quantitative estimate of drug-likeness (QED) is 0.271. The van der Waals surface area contributed by atoms with Crippen LogP contribution in [-0.2, 0) is 9.59 Å². The lowest BCUT2D eigenvalue weighted by molar-refractivity contribution is -0.121. The second-order valence-electron chi connectivity index (χ2n) is 7.29. The van der Waals surface area contributed by atoms with E-state index in [1.807, 2.05) is 0 Å². The van der Waals surface area contributed by atoms with E-state index in [0.29, 0.717) is 17.1 Å². The van der Waals surface area contributed by atoms with Crippen molar-refractivity contribution in [1.82, 2.24) is 0 Å². The standard InChI is InChI=1S/C22H32ClNO2S/c1-2-3-4-5-6-7-8-9-10-11-16-27-20-17-21(25)24(22(20)26)19-14-12-18(23)13-15-19/h12-15,20H,2-11,16-17H2,1H3/t20-/m0/s1. The summed E-state index contributed by atoms with van der Waals surface area (Å²) in [5, 5.41) is 0.372. The van der Waals surface area contributed by atoms with Crippen LogP contribution < -0.4 is 4.90 Å². The fourth-order valence-corrected chi connectivity index (χ4v) is 4.70.